The molecule has 2 aromatic carbocycles. The van der Waals surface area contributed by atoms with Gasteiger partial charge in [-0.15, -0.1) is 0 Å². The molecule has 1 fully saturated rings. The van der Waals surface area contributed by atoms with E-state index in [0.717, 1.165) is 60.9 Å². The van der Waals surface area contributed by atoms with Crippen LogP contribution in [0.5, 0.6) is 0 Å². The van der Waals surface area contributed by atoms with E-state index >= 15 is 0 Å². The first kappa shape index (κ1) is 33.8. The lowest BCUT2D eigenvalue weighted by Crippen LogP contribution is -2.43. The van der Waals surface area contributed by atoms with Crippen LogP contribution in [0.25, 0.3) is 11.3 Å². The Kier molecular flexibility index (Phi) is 11.7. The summed E-state index contributed by atoms with van der Waals surface area (Å²) in [6.07, 6.45) is 1.95. The Labute approximate surface area is 282 Å². The number of aryl methyl sites for hydroxylation is 1. The molecule has 2 aliphatic heterocycles. The van der Waals surface area contributed by atoms with Crippen LogP contribution in [0.1, 0.15) is 45.6 Å². The van der Waals surface area contributed by atoms with E-state index < -0.39 is 11.8 Å². The molecule has 2 aliphatic rings. The van der Waals surface area contributed by atoms with E-state index in [-0.39, 0.29) is 24.6 Å². The summed E-state index contributed by atoms with van der Waals surface area (Å²) < 4.78 is 2.04. The van der Waals surface area contributed by atoms with Crippen molar-refractivity contribution in [2.24, 2.45) is 5.73 Å². The number of carbonyl (C=O) groups is 3. The van der Waals surface area contributed by atoms with Crippen molar-refractivity contribution in [1.29, 1.82) is 0 Å². The number of aromatic nitrogens is 2. The number of aliphatic hydroxyl groups excluding tert-OH is 1. The molecule has 3 aromatic rings. The van der Waals surface area contributed by atoms with E-state index in [1.807, 2.05) is 28.6 Å². The van der Waals surface area contributed by atoms with Crippen molar-refractivity contribution in [3.05, 3.63) is 74.4 Å². The molecular formula is C33H36Cl2N6O4S. The van der Waals surface area contributed by atoms with Crippen LogP contribution in [0.4, 0.5) is 0 Å². The van der Waals surface area contributed by atoms with Gasteiger partial charge in [-0.2, -0.15) is 16.9 Å². The Bertz CT molecular complexity index is 1680. The smallest absolute Gasteiger partial charge is 0.311 e. The predicted molar refractivity (Wildman–Crippen MR) is 181 cm³/mol. The normalized spacial score (nSPS) is 14.7. The zero-order valence-corrected chi connectivity index (χ0v) is 27.7. The highest BCUT2D eigenvalue weighted by Crippen LogP contribution is 2.32. The lowest BCUT2D eigenvalue weighted by molar-refractivity contribution is -0.144. The summed E-state index contributed by atoms with van der Waals surface area (Å²) in [5.74, 6) is 6.49. The third-order valence-corrected chi connectivity index (χ3v) is 9.59. The first-order valence-electron chi connectivity index (χ1n) is 15.2. The Morgan fingerprint density at radius 2 is 1.78 bits per heavy atom. The number of amides is 3. The van der Waals surface area contributed by atoms with Crippen LogP contribution < -0.4 is 11.1 Å². The van der Waals surface area contributed by atoms with Crippen molar-refractivity contribution < 1.29 is 19.5 Å². The monoisotopic (exact) mass is 682 g/mol. The fourth-order valence-electron chi connectivity index (χ4n) is 5.57. The van der Waals surface area contributed by atoms with Gasteiger partial charge in [0.2, 0.25) is 0 Å². The number of fused-ring (bicyclic) bond motifs is 1. The molecule has 0 spiro atoms. The SMILES string of the molecule is NC(=O)C(=O)N1CCc2c(c(-c3ccc(Cl)c(C#Cc4ccc(Cl)c(C(=O)NCCCO)c4)c3)nn2CCCN2CCSCC2)C1. The van der Waals surface area contributed by atoms with Gasteiger partial charge in [0.1, 0.15) is 0 Å². The highest BCUT2D eigenvalue weighted by molar-refractivity contribution is 7.99. The first-order chi connectivity index (χ1) is 22.2. The lowest BCUT2D eigenvalue weighted by atomic mass is 9.99. The average Bonchev–Trinajstić information content (AvgIpc) is 3.42. The minimum Gasteiger partial charge on any atom is -0.396 e. The lowest BCUT2D eigenvalue weighted by Gasteiger charge is -2.27. The molecule has 1 aromatic heterocycles. The number of rotatable bonds is 9. The Hall–Kier alpha value is -3.53. The maximum absolute atomic E-state index is 12.6. The second-order valence-corrected chi connectivity index (χ2v) is 13.2. The van der Waals surface area contributed by atoms with Crippen molar-refractivity contribution >= 4 is 52.7 Å². The van der Waals surface area contributed by atoms with Crippen molar-refractivity contribution in [2.45, 2.75) is 32.4 Å². The van der Waals surface area contributed by atoms with Crippen LogP contribution in [0.15, 0.2) is 36.4 Å². The maximum Gasteiger partial charge on any atom is 0.311 e. The van der Waals surface area contributed by atoms with Gasteiger partial charge < -0.3 is 26.0 Å². The van der Waals surface area contributed by atoms with Gasteiger partial charge in [0.05, 0.1) is 27.8 Å². The van der Waals surface area contributed by atoms with Gasteiger partial charge in [-0.3, -0.25) is 19.1 Å². The second kappa shape index (κ2) is 15.8. The van der Waals surface area contributed by atoms with Gasteiger partial charge >= 0.3 is 11.8 Å². The van der Waals surface area contributed by atoms with Crippen LogP contribution in [0.3, 0.4) is 0 Å². The molecule has 10 nitrogen and oxygen atoms in total. The van der Waals surface area contributed by atoms with E-state index in [1.54, 1.807) is 24.3 Å². The number of benzene rings is 2. The van der Waals surface area contributed by atoms with Crippen LogP contribution in [0, 0.1) is 11.8 Å². The average molecular weight is 684 g/mol. The highest BCUT2D eigenvalue weighted by Gasteiger charge is 2.30. The quantitative estimate of drug-likeness (QED) is 0.179. The van der Waals surface area contributed by atoms with E-state index in [2.05, 4.69) is 22.1 Å². The predicted octanol–water partition coefficient (Wildman–Crippen LogP) is 3.18. The summed E-state index contributed by atoms with van der Waals surface area (Å²) in [7, 11) is 0. The molecule has 0 aliphatic carbocycles. The molecule has 5 rings (SSSR count). The Balaban J connectivity index is 1.42. The molecule has 46 heavy (non-hydrogen) atoms. The van der Waals surface area contributed by atoms with E-state index in [1.165, 1.54) is 4.90 Å². The van der Waals surface area contributed by atoms with Gasteiger partial charge in [0.15, 0.2) is 0 Å². The molecule has 3 amide bonds. The van der Waals surface area contributed by atoms with Crippen molar-refractivity contribution in [1.82, 2.24) is 24.9 Å². The van der Waals surface area contributed by atoms with Crippen LogP contribution in [0.2, 0.25) is 10.0 Å². The van der Waals surface area contributed by atoms with Crippen LogP contribution in [-0.4, -0.2) is 93.2 Å². The molecular weight excluding hydrogens is 647 g/mol. The zero-order valence-electron chi connectivity index (χ0n) is 25.4. The molecule has 0 unspecified atom stereocenters. The number of primary amides is 1. The second-order valence-electron chi connectivity index (χ2n) is 11.1. The molecule has 0 bridgehead atoms. The summed E-state index contributed by atoms with van der Waals surface area (Å²) in [4.78, 5) is 40.8. The molecule has 0 atom stereocenters. The Morgan fingerprint density at radius 1 is 1.00 bits per heavy atom. The first-order valence-corrected chi connectivity index (χ1v) is 17.1. The Morgan fingerprint density at radius 3 is 2.54 bits per heavy atom. The van der Waals surface area contributed by atoms with Gasteiger partial charge in [0, 0.05) is 85.2 Å². The molecule has 0 saturated carbocycles. The molecule has 13 heteroatoms. The number of hydrogen-bond donors (Lipinski definition) is 3. The third-order valence-electron chi connectivity index (χ3n) is 7.99. The number of carbonyl (C=O) groups excluding carboxylic acids is 3. The molecule has 0 radical (unpaired) electrons. The summed E-state index contributed by atoms with van der Waals surface area (Å²) >= 11 is 14.8. The number of halogens is 2. The molecule has 4 N–H and O–H groups in total. The minimum atomic E-state index is -0.978. The topological polar surface area (TPSA) is 134 Å². The highest BCUT2D eigenvalue weighted by atomic mass is 35.5. The van der Waals surface area contributed by atoms with Crippen molar-refractivity contribution in [3.8, 4) is 23.1 Å². The summed E-state index contributed by atoms with van der Waals surface area (Å²) in [6.45, 7) is 4.86. The maximum atomic E-state index is 12.6. The number of nitrogens with zero attached hydrogens (tertiary/aromatic N) is 4. The summed E-state index contributed by atoms with van der Waals surface area (Å²) in [6, 6.07) is 10.5. The van der Waals surface area contributed by atoms with Crippen LogP contribution in [-0.2, 0) is 29.1 Å². The number of aliphatic hydroxyl groups is 1. The van der Waals surface area contributed by atoms with Crippen molar-refractivity contribution in [2.75, 3.05) is 50.8 Å². The molecule has 3 heterocycles. The summed E-state index contributed by atoms with van der Waals surface area (Å²) in [5.41, 5.74) is 10.2. The van der Waals surface area contributed by atoms with Gasteiger partial charge in [-0.25, -0.2) is 0 Å². The minimum absolute atomic E-state index is 0.0236. The van der Waals surface area contributed by atoms with Gasteiger partial charge in [0.25, 0.3) is 5.91 Å². The zero-order chi connectivity index (χ0) is 32.6. The standard InChI is InChI=1S/C33H36Cl2N6O4S/c34-27-8-6-24(20-23(27)5-3-22-4-7-28(35)25(19-22)32(44)37-10-1-16-42)30-26-21-40(33(45)31(36)43)13-9-29(26)41(38-30)12-2-11-39-14-17-46-18-15-39/h4,6-8,19-20,42H,1-2,9-18,21H2,(H2,36,43)(H,37,44). The number of nitrogens with one attached hydrogen (secondary N) is 1. The summed E-state index contributed by atoms with van der Waals surface area (Å²) in [5, 5.41) is 17.5. The largest absolute Gasteiger partial charge is 0.396 e. The third kappa shape index (κ3) is 8.24. The van der Waals surface area contributed by atoms with E-state index in [9.17, 15) is 14.4 Å². The van der Waals surface area contributed by atoms with E-state index in [0.29, 0.717) is 52.8 Å². The fraction of sp³-hybridized carbons (Fsp3) is 0.394. The van der Waals surface area contributed by atoms with E-state index in [4.69, 9.17) is 39.1 Å². The van der Waals surface area contributed by atoms with Crippen molar-refractivity contribution in [3.63, 3.8) is 0 Å². The molecule has 1 saturated heterocycles. The fourth-order valence-corrected chi connectivity index (χ4v) is 6.91. The van der Waals surface area contributed by atoms with Crippen LogP contribution >= 0.6 is 35.0 Å². The van der Waals surface area contributed by atoms with Gasteiger partial charge in [-0.05, 0) is 49.7 Å². The molecule has 242 valence electrons. The number of thioether (sulfide) groups is 1. The van der Waals surface area contributed by atoms with Gasteiger partial charge in [-0.1, -0.05) is 41.1 Å². The number of nitrogens with two attached hydrogens (primary N) is 1. The number of hydrogen-bond acceptors (Lipinski definition) is 7.